The number of aromatic amines is 1. The molecule has 0 aliphatic heterocycles. The third-order valence-corrected chi connectivity index (χ3v) is 3.97. The first-order valence-electron chi connectivity index (χ1n) is 7.55. The van der Waals surface area contributed by atoms with E-state index in [1.54, 1.807) is 12.5 Å². The standard InChI is InChI=1S/C17H20N2O2/c1-2-7-21-15-5-6-16-12(9-15)3-4-13(17(16)20)8-14-10-18-11-19-14/h5-6,9-11,13H,2-4,7-8H2,1H3,(H,18,19). The maximum Gasteiger partial charge on any atom is 0.166 e. The van der Waals surface area contributed by atoms with E-state index in [-0.39, 0.29) is 11.7 Å². The van der Waals surface area contributed by atoms with Gasteiger partial charge in [0.2, 0.25) is 0 Å². The summed E-state index contributed by atoms with van der Waals surface area (Å²) in [5.41, 5.74) is 3.00. The van der Waals surface area contributed by atoms with Gasteiger partial charge < -0.3 is 9.72 Å². The fourth-order valence-corrected chi connectivity index (χ4v) is 2.86. The summed E-state index contributed by atoms with van der Waals surface area (Å²) < 4.78 is 5.64. The molecular weight excluding hydrogens is 264 g/mol. The van der Waals surface area contributed by atoms with Crippen LogP contribution >= 0.6 is 0 Å². The number of aryl methyl sites for hydroxylation is 1. The van der Waals surface area contributed by atoms with Gasteiger partial charge in [-0.2, -0.15) is 0 Å². The largest absolute Gasteiger partial charge is 0.494 e. The molecule has 0 bridgehead atoms. The number of fused-ring (bicyclic) bond motifs is 1. The number of ketones is 1. The summed E-state index contributed by atoms with van der Waals surface area (Å²) in [7, 11) is 0. The number of carbonyl (C=O) groups excluding carboxylic acids is 1. The molecule has 1 atom stereocenters. The smallest absolute Gasteiger partial charge is 0.166 e. The second kappa shape index (κ2) is 6.12. The van der Waals surface area contributed by atoms with Crippen LogP contribution in [0.25, 0.3) is 0 Å². The average Bonchev–Trinajstić information content (AvgIpc) is 3.01. The Balaban J connectivity index is 1.75. The summed E-state index contributed by atoms with van der Waals surface area (Å²) in [5.74, 6) is 1.17. The summed E-state index contributed by atoms with van der Waals surface area (Å²) in [6, 6.07) is 5.85. The van der Waals surface area contributed by atoms with E-state index in [1.807, 2.05) is 18.2 Å². The molecule has 0 amide bonds. The second-order valence-electron chi connectivity index (χ2n) is 5.55. The molecule has 1 heterocycles. The molecule has 21 heavy (non-hydrogen) atoms. The predicted molar refractivity (Wildman–Crippen MR) is 80.7 cm³/mol. The van der Waals surface area contributed by atoms with E-state index in [9.17, 15) is 4.79 Å². The van der Waals surface area contributed by atoms with Gasteiger partial charge in [-0.05, 0) is 49.4 Å². The van der Waals surface area contributed by atoms with E-state index < -0.39 is 0 Å². The lowest BCUT2D eigenvalue weighted by molar-refractivity contribution is 0.0900. The number of aromatic nitrogens is 2. The van der Waals surface area contributed by atoms with Crippen LogP contribution in [-0.4, -0.2) is 22.4 Å². The Kier molecular flexibility index (Phi) is 4.04. The van der Waals surface area contributed by atoms with Gasteiger partial charge in [-0.1, -0.05) is 6.92 Å². The third-order valence-electron chi connectivity index (χ3n) is 3.97. The molecule has 1 N–H and O–H groups in total. The highest BCUT2D eigenvalue weighted by Gasteiger charge is 2.28. The Morgan fingerprint density at radius 2 is 2.33 bits per heavy atom. The van der Waals surface area contributed by atoms with Crippen molar-refractivity contribution in [3.63, 3.8) is 0 Å². The van der Waals surface area contributed by atoms with Gasteiger partial charge in [0.25, 0.3) is 0 Å². The molecule has 3 rings (SSSR count). The highest BCUT2D eigenvalue weighted by atomic mass is 16.5. The number of Topliss-reactive ketones (excluding diaryl/α,β-unsaturated/α-hetero) is 1. The van der Waals surface area contributed by atoms with Gasteiger partial charge in [-0.3, -0.25) is 4.79 Å². The molecular formula is C17H20N2O2. The molecule has 1 aliphatic carbocycles. The zero-order valence-corrected chi connectivity index (χ0v) is 12.3. The van der Waals surface area contributed by atoms with E-state index in [2.05, 4.69) is 16.9 Å². The van der Waals surface area contributed by atoms with E-state index in [0.717, 1.165) is 54.9 Å². The van der Waals surface area contributed by atoms with Crippen molar-refractivity contribution in [1.29, 1.82) is 0 Å². The van der Waals surface area contributed by atoms with Gasteiger partial charge in [0, 0.05) is 23.4 Å². The molecule has 1 unspecified atom stereocenters. The Morgan fingerprint density at radius 3 is 3.10 bits per heavy atom. The second-order valence-corrected chi connectivity index (χ2v) is 5.55. The minimum absolute atomic E-state index is 0.0559. The van der Waals surface area contributed by atoms with Crippen molar-refractivity contribution in [3.8, 4) is 5.75 Å². The van der Waals surface area contributed by atoms with E-state index >= 15 is 0 Å². The van der Waals surface area contributed by atoms with Crippen molar-refractivity contribution < 1.29 is 9.53 Å². The van der Waals surface area contributed by atoms with Gasteiger partial charge in [0.15, 0.2) is 5.78 Å². The third kappa shape index (κ3) is 2.99. The van der Waals surface area contributed by atoms with Crippen molar-refractivity contribution in [1.82, 2.24) is 9.97 Å². The van der Waals surface area contributed by atoms with E-state index in [1.165, 1.54) is 0 Å². The van der Waals surface area contributed by atoms with Crippen molar-refractivity contribution in [2.24, 2.45) is 5.92 Å². The SMILES string of the molecule is CCCOc1ccc2c(c1)CCC(Cc1cnc[nH]1)C2=O. The number of ether oxygens (including phenoxy) is 1. The summed E-state index contributed by atoms with van der Waals surface area (Å²) in [6.07, 6.45) is 7.01. The summed E-state index contributed by atoms with van der Waals surface area (Å²) in [6.45, 7) is 2.80. The highest BCUT2D eigenvalue weighted by molar-refractivity contribution is 6.00. The van der Waals surface area contributed by atoms with Crippen LogP contribution < -0.4 is 4.74 Å². The number of imidazole rings is 1. The molecule has 1 aromatic heterocycles. The zero-order valence-electron chi connectivity index (χ0n) is 12.3. The highest BCUT2D eigenvalue weighted by Crippen LogP contribution is 2.30. The Hall–Kier alpha value is -2.10. The van der Waals surface area contributed by atoms with Crippen LogP contribution in [0.2, 0.25) is 0 Å². The van der Waals surface area contributed by atoms with Crippen molar-refractivity contribution in [2.75, 3.05) is 6.61 Å². The number of hydrogen-bond acceptors (Lipinski definition) is 3. The zero-order chi connectivity index (χ0) is 14.7. The maximum atomic E-state index is 12.6. The molecule has 0 saturated carbocycles. The summed E-state index contributed by atoms with van der Waals surface area (Å²) >= 11 is 0. The topological polar surface area (TPSA) is 55.0 Å². The number of benzene rings is 1. The molecule has 0 saturated heterocycles. The molecule has 1 aliphatic rings. The lowest BCUT2D eigenvalue weighted by atomic mass is 9.80. The van der Waals surface area contributed by atoms with Gasteiger partial charge in [0.05, 0.1) is 12.9 Å². The maximum absolute atomic E-state index is 12.6. The van der Waals surface area contributed by atoms with Crippen molar-refractivity contribution in [3.05, 3.63) is 47.5 Å². The predicted octanol–water partition coefficient (Wildman–Crippen LogP) is 3.19. The fourth-order valence-electron chi connectivity index (χ4n) is 2.86. The summed E-state index contributed by atoms with van der Waals surface area (Å²) in [4.78, 5) is 19.7. The quantitative estimate of drug-likeness (QED) is 0.917. The minimum Gasteiger partial charge on any atom is -0.494 e. The van der Waals surface area contributed by atoms with Crippen LogP contribution in [0.1, 0.15) is 41.4 Å². The van der Waals surface area contributed by atoms with Crippen molar-refractivity contribution in [2.45, 2.75) is 32.6 Å². The normalized spacial score (nSPS) is 17.6. The Morgan fingerprint density at radius 1 is 1.43 bits per heavy atom. The molecule has 0 radical (unpaired) electrons. The van der Waals surface area contributed by atoms with Crippen LogP contribution in [0, 0.1) is 5.92 Å². The lowest BCUT2D eigenvalue weighted by Gasteiger charge is -2.23. The molecule has 110 valence electrons. The molecule has 4 heteroatoms. The van der Waals surface area contributed by atoms with Crippen LogP contribution in [0.15, 0.2) is 30.7 Å². The number of rotatable bonds is 5. The molecule has 2 aromatic rings. The molecule has 0 fully saturated rings. The first-order chi connectivity index (χ1) is 10.3. The molecule has 4 nitrogen and oxygen atoms in total. The van der Waals surface area contributed by atoms with Crippen LogP contribution in [0.5, 0.6) is 5.75 Å². The average molecular weight is 284 g/mol. The number of nitrogens with zero attached hydrogens (tertiary/aromatic N) is 1. The molecule has 0 spiro atoms. The monoisotopic (exact) mass is 284 g/mol. The summed E-state index contributed by atoms with van der Waals surface area (Å²) in [5, 5.41) is 0. The number of carbonyl (C=O) groups is 1. The first kappa shape index (κ1) is 13.9. The van der Waals surface area contributed by atoms with E-state index in [0.29, 0.717) is 0 Å². The fraction of sp³-hybridized carbons (Fsp3) is 0.412. The first-order valence-corrected chi connectivity index (χ1v) is 7.55. The van der Waals surface area contributed by atoms with Gasteiger partial charge in [0.1, 0.15) is 5.75 Å². The lowest BCUT2D eigenvalue weighted by Crippen LogP contribution is -2.24. The van der Waals surface area contributed by atoms with Crippen LogP contribution in [-0.2, 0) is 12.8 Å². The van der Waals surface area contributed by atoms with Crippen molar-refractivity contribution >= 4 is 5.78 Å². The van der Waals surface area contributed by atoms with Gasteiger partial charge in [-0.15, -0.1) is 0 Å². The Labute approximate surface area is 124 Å². The Bertz CT molecular complexity index is 620. The number of hydrogen-bond donors (Lipinski definition) is 1. The number of H-pyrrole nitrogens is 1. The van der Waals surface area contributed by atoms with Gasteiger partial charge >= 0.3 is 0 Å². The number of nitrogens with one attached hydrogen (secondary N) is 1. The van der Waals surface area contributed by atoms with Gasteiger partial charge in [-0.25, -0.2) is 4.98 Å². The van der Waals surface area contributed by atoms with Crippen LogP contribution in [0.3, 0.4) is 0 Å². The van der Waals surface area contributed by atoms with E-state index in [4.69, 9.17) is 4.74 Å². The minimum atomic E-state index is 0.0559. The van der Waals surface area contributed by atoms with Crippen LogP contribution in [0.4, 0.5) is 0 Å². The molecule has 1 aromatic carbocycles.